The topological polar surface area (TPSA) is 36.4 Å². The lowest BCUT2D eigenvalue weighted by molar-refractivity contribution is 0.641. The fourth-order valence-corrected chi connectivity index (χ4v) is 2.37. The van der Waals surface area contributed by atoms with Crippen molar-refractivity contribution in [1.29, 1.82) is 0 Å². The summed E-state index contributed by atoms with van der Waals surface area (Å²) >= 11 is 0. The van der Waals surface area contributed by atoms with Gasteiger partial charge in [-0.2, -0.15) is 0 Å². The molecule has 0 radical (unpaired) electrons. The average molecular weight is 259 g/mol. The lowest BCUT2D eigenvalue weighted by atomic mass is 9.96. The third-order valence-electron chi connectivity index (χ3n) is 3.88. The molecular weight excluding hydrogens is 234 g/mol. The molecule has 1 aliphatic rings. The van der Waals surface area contributed by atoms with Gasteiger partial charge in [-0.05, 0) is 24.8 Å². The Morgan fingerprint density at radius 3 is 2.53 bits per heavy atom. The van der Waals surface area contributed by atoms with Crippen molar-refractivity contribution >= 4 is 5.96 Å². The molecule has 1 aromatic carbocycles. The van der Waals surface area contributed by atoms with Crippen molar-refractivity contribution in [2.75, 3.05) is 20.1 Å². The molecule has 0 unspecified atom stereocenters. The highest BCUT2D eigenvalue weighted by Gasteiger charge is 2.43. The number of aliphatic imine (C=N–C) groups is 1. The van der Waals surface area contributed by atoms with Gasteiger partial charge >= 0.3 is 0 Å². The van der Waals surface area contributed by atoms with Crippen molar-refractivity contribution in [3.63, 3.8) is 0 Å². The predicted molar refractivity (Wildman–Crippen MR) is 81.6 cm³/mol. The summed E-state index contributed by atoms with van der Waals surface area (Å²) in [5.74, 6) is 0.927. The first-order valence-corrected chi connectivity index (χ1v) is 7.31. The summed E-state index contributed by atoms with van der Waals surface area (Å²) in [5, 5.41) is 6.83. The van der Waals surface area contributed by atoms with Crippen LogP contribution in [-0.4, -0.2) is 26.1 Å². The molecule has 1 fully saturated rings. The molecule has 3 heteroatoms. The summed E-state index contributed by atoms with van der Waals surface area (Å²) < 4.78 is 0. The smallest absolute Gasteiger partial charge is 0.191 e. The van der Waals surface area contributed by atoms with Crippen LogP contribution in [0.4, 0.5) is 0 Å². The second kappa shape index (κ2) is 6.60. The summed E-state index contributed by atoms with van der Waals surface area (Å²) in [7, 11) is 1.84. The molecule has 19 heavy (non-hydrogen) atoms. The van der Waals surface area contributed by atoms with E-state index in [1.165, 1.54) is 31.2 Å². The van der Waals surface area contributed by atoms with Crippen molar-refractivity contribution in [2.24, 2.45) is 4.99 Å². The van der Waals surface area contributed by atoms with Gasteiger partial charge in [-0.3, -0.25) is 4.99 Å². The number of nitrogens with one attached hydrogen (secondary N) is 2. The summed E-state index contributed by atoms with van der Waals surface area (Å²) in [6.07, 6.45) is 4.94. The molecule has 0 amide bonds. The van der Waals surface area contributed by atoms with Crippen LogP contribution in [0.1, 0.15) is 38.2 Å². The van der Waals surface area contributed by atoms with Crippen LogP contribution in [0.25, 0.3) is 0 Å². The number of guanidine groups is 1. The van der Waals surface area contributed by atoms with E-state index in [2.05, 4.69) is 52.9 Å². The Bertz CT molecular complexity index is 407. The van der Waals surface area contributed by atoms with Gasteiger partial charge in [0.25, 0.3) is 0 Å². The maximum absolute atomic E-state index is 4.28. The molecule has 1 saturated carbocycles. The Morgan fingerprint density at radius 1 is 1.21 bits per heavy atom. The minimum atomic E-state index is 0.337. The first kappa shape index (κ1) is 13.9. The molecule has 0 saturated heterocycles. The van der Waals surface area contributed by atoms with E-state index in [1.807, 2.05) is 7.05 Å². The van der Waals surface area contributed by atoms with Gasteiger partial charge < -0.3 is 10.6 Å². The molecule has 0 aromatic heterocycles. The van der Waals surface area contributed by atoms with Crippen molar-refractivity contribution in [1.82, 2.24) is 10.6 Å². The monoisotopic (exact) mass is 259 g/mol. The van der Waals surface area contributed by atoms with Gasteiger partial charge in [-0.1, -0.05) is 43.7 Å². The van der Waals surface area contributed by atoms with Crippen LogP contribution in [0.15, 0.2) is 35.3 Å². The average Bonchev–Trinajstić information content (AvgIpc) is 3.25. The third-order valence-corrected chi connectivity index (χ3v) is 3.88. The van der Waals surface area contributed by atoms with E-state index in [9.17, 15) is 0 Å². The van der Waals surface area contributed by atoms with Crippen LogP contribution in [0.5, 0.6) is 0 Å². The normalized spacial score (nSPS) is 17.1. The minimum Gasteiger partial charge on any atom is -0.356 e. The van der Waals surface area contributed by atoms with Crippen LogP contribution in [0, 0.1) is 0 Å². The Morgan fingerprint density at radius 2 is 1.95 bits per heavy atom. The first-order chi connectivity index (χ1) is 9.30. The zero-order chi connectivity index (χ0) is 13.6. The Hall–Kier alpha value is -1.51. The molecule has 0 spiro atoms. The molecule has 1 aliphatic carbocycles. The van der Waals surface area contributed by atoms with Crippen LogP contribution in [0.3, 0.4) is 0 Å². The van der Waals surface area contributed by atoms with Gasteiger partial charge in [0, 0.05) is 25.6 Å². The second-order valence-electron chi connectivity index (χ2n) is 5.35. The van der Waals surface area contributed by atoms with E-state index in [-0.39, 0.29) is 0 Å². The zero-order valence-corrected chi connectivity index (χ0v) is 12.1. The van der Waals surface area contributed by atoms with E-state index in [0.717, 1.165) is 19.0 Å². The maximum Gasteiger partial charge on any atom is 0.191 e. The van der Waals surface area contributed by atoms with E-state index in [1.54, 1.807) is 0 Å². The van der Waals surface area contributed by atoms with Crippen molar-refractivity contribution < 1.29 is 0 Å². The fraction of sp³-hybridized carbons (Fsp3) is 0.562. The number of hydrogen-bond donors (Lipinski definition) is 2. The molecule has 0 heterocycles. The Balaban J connectivity index is 1.84. The summed E-state index contributed by atoms with van der Waals surface area (Å²) in [4.78, 5) is 4.28. The summed E-state index contributed by atoms with van der Waals surface area (Å²) in [6, 6.07) is 10.8. The molecule has 3 nitrogen and oxygen atoms in total. The molecule has 2 N–H and O–H groups in total. The van der Waals surface area contributed by atoms with Crippen LogP contribution >= 0.6 is 0 Å². The van der Waals surface area contributed by atoms with E-state index < -0.39 is 0 Å². The van der Waals surface area contributed by atoms with Gasteiger partial charge in [0.15, 0.2) is 5.96 Å². The van der Waals surface area contributed by atoms with Gasteiger partial charge in [0.05, 0.1) is 0 Å². The number of unbranched alkanes of at least 4 members (excludes halogenated alkanes) is 1. The maximum atomic E-state index is 4.28. The predicted octanol–water partition coefficient (Wildman–Crippen LogP) is 2.68. The standard InChI is InChI=1S/C16H25N3/c1-3-4-12-18-15(17-2)19-13-16(10-11-16)14-8-6-5-7-9-14/h5-9H,3-4,10-13H2,1-2H3,(H2,17,18,19). The highest BCUT2D eigenvalue weighted by atomic mass is 15.2. The Kier molecular flexibility index (Phi) is 4.83. The van der Waals surface area contributed by atoms with Gasteiger partial charge in [-0.25, -0.2) is 0 Å². The van der Waals surface area contributed by atoms with Crippen LogP contribution < -0.4 is 10.6 Å². The van der Waals surface area contributed by atoms with Crippen LogP contribution in [0.2, 0.25) is 0 Å². The summed E-state index contributed by atoms with van der Waals surface area (Å²) in [6.45, 7) is 4.17. The molecule has 1 aromatic rings. The van der Waals surface area contributed by atoms with Crippen molar-refractivity contribution in [3.05, 3.63) is 35.9 Å². The highest BCUT2D eigenvalue weighted by molar-refractivity contribution is 5.79. The van der Waals surface area contributed by atoms with E-state index in [4.69, 9.17) is 0 Å². The number of benzene rings is 1. The van der Waals surface area contributed by atoms with E-state index in [0.29, 0.717) is 5.41 Å². The quantitative estimate of drug-likeness (QED) is 0.468. The minimum absolute atomic E-state index is 0.337. The molecule has 0 aliphatic heterocycles. The van der Waals surface area contributed by atoms with Crippen molar-refractivity contribution in [2.45, 2.75) is 38.0 Å². The second-order valence-corrected chi connectivity index (χ2v) is 5.35. The fourth-order valence-electron chi connectivity index (χ4n) is 2.37. The van der Waals surface area contributed by atoms with E-state index >= 15 is 0 Å². The molecule has 104 valence electrons. The first-order valence-electron chi connectivity index (χ1n) is 7.31. The molecule has 2 rings (SSSR count). The van der Waals surface area contributed by atoms with Gasteiger partial charge in [0.1, 0.15) is 0 Å². The highest BCUT2D eigenvalue weighted by Crippen LogP contribution is 2.47. The van der Waals surface area contributed by atoms with Crippen molar-refractivity contribution in [3.8, 4) is 0 Å². The lowest BCUT2D eigenvalue weighted by Gasteiger charge is -2.19. The number of hydrogen-bond acceptors (Lipinski definition) is 1. The Labute approximate surface area is 116 Å². The molecule has 0 bridgehead atoms. The largest absolute Gasteiger partial charge is 0.356 e. The van der Waals surface area contributed by atoms with Gasteiger partial charge in [-0.15, -0.1) is 0 Å². The number of nitrogens with zero attached hydrogens (tertiary/aromatic N) is 1. The zero-order valence-electron chi connectivity index (χ0n) is 12.1. The number of rotatable bonds is 6. The third kappa shape index (κ3) is 3.72. The SMILES string of the molecule is CCCCNC(=NC)NCC1(c2ccccc2)CC1. The molecule has 0 atom stereocenters. The van der Waals surface area contributed by atoms with Gasteiger partial charge in [0.2, 0.25) is 0 Å². The van der Waals surface area contributed by atoms with Crippen LogP contribution in [-0.2, 0) is 5.41 Å². The lowest BCUT2D eigenvalue weighted by Crippen LogP contribution is -2.41. The summed E-state index contributed by atoms with van der Waals surface area (Å²) in [5.41, 5.74) is 1.79. The molecular formula is C16H25N3.